The summed E-state index contributed by atoms with van der Waals surface area (Å²) in [6.45, 7) is 12.0. The van der Waals surface area contributed by atoms with E-state index in [1.54, 1.807) is 0 Å². The Morgan fingerprint density at radius 2 is 1.95 bits per heavy atom. The van der Waals surface area contributed by atoms with Crippen LogP contribution in [0, 0.1) is 0 Å². The topological polar surface area (TPSA) is 28.2 Å². The third-order valence-corrected chi connectivity index (χ3v) is 4.34. The van der Waals surface area contributed by atoms with Gasteiger partial charge < -0.3 is 10.2 Å². The van der Waals surface area contributed by atoms with Gasteiger partial charge in [0.25, 0.3) is 0 Å². The van der Waals surface area contributed by atoms with Crippen molar-refractivity contribution in [1.29, 1.82) is 0 Å². The van der Waals surface area contributed by atoms with Crippen LogP contribution in [-0.4, -0.2) is 24.1 Å². The highest BCUT2D eigenvalue weighted by Crippen LogP contribution is 2.30. The molecule has 2 rings (SSSR count). The van der Waals surface area contributed by atoms with E-state index in [9.17, 15) is 0 Å². The summed E-state index contributed by atoms with van der Waals surface area (Å²) in [6, 6.07) is 5.69. The van der Waals surface area contributed by atoms with Gasteiger partial charge in [-0.25, -0.2) is 4.98 Å². The molecule has 1 heterocycles. The predicted octanol–water partition coefficient (Wildman–Crippen LogP) is 3.87. The van der Waals surface area contributed by atoms with Crippen molar-refractivity contribution in [1.82, 2.24) is 10.3 Å². The Morgan fingerprint density at radius 1 is 1.29 bits per heavy atom. The van der Waals surface area contributed by atoms with Crippen molar-refractivity contribution >= 4 is 5.82 Å². The molecule has 0 bridgehead atoms. The van der Waals surface area contributed by atoms with Crippen LogP contribution in [0.3, 0.4) is 0 Å². The van der Waals surface area contributed by atoms with Gasteiger partial charge in [-0.15, -0.1) is 0 Å². The van der Waals surface area contributed by atoms with Crippen LogP contribution < -0.4 is 10.2 Å². The van der Waals surface area contributed by atoms with E-state index in [2.05, 4.69) is 64.0 Å². The number of rotatable bonds is 5. The quantitative estimate of drug-likeness (QED) is 0.892. The van der Waals surface area contributed by atoms with Crippen LogP contribution in [0.5, 0.6) is 0 Å². The molecule has 0 aliphatic heterocycles. The third-order valence-electron chi connectivity index (χ3n) is 4.34. The first-order valence-electron chi connectivity index (χ1n) is 8.25. The molecule has 0 aromatic carbocycles. The highest BCUT2D eigenvalue weighted by Gasteiger charge is 2.25. The maximum Gasteiger partial charge on any atom is 0.129 e. The van der Waals surface area contributed by atoms with Crippen LogP contribution in [0.15, 0.2) is 12.1 Å². The van der Waals surface area contributed by atoms with Crippen LogP contribution in [0.25, 0.3) is 0 Å². The van der Waals surface area contributed by atoms with Gasteiger partial charge in [-0.3, -0.25) is 0 Å². The van der Waals surface area contributed by atoms with Crippen LogP contribution in [0.2, 0.25) is 0 Å². The number of hydrogen-bond donors (Lipinski definition) is 1. The fourth-order valence-corrected chi connectivity index (χ4v) is 2.52. The van der Waals surface area contributed by atoms with Gasteiger partial charge in [-0.2, -0.15) is 0 Å². The lowest BCUT2D eigenvalue weighted by Gasteiger charge is -2.36. The molecule has 1 saturated carbocycles. The van der Waals surface area contributed by atoms with Crippen molar-refractivity contribution < 1.29 is 0 Å². The van der Waals surface area contributed by atoms with Crippen LogP contribution in [-0.2, 0) is 12.0 Å². The first-order valence-corrected chi connectivity index (χ1v) is 8.25. The molecule has 0 amide bonds. The second-order valence-electron chi connectivity index (χ2n) is 7.70. The molecule has 0 radical (unpaired) electrons. The summed E-state index contributed by atoms with van der Waals surface area (Å²) in [6.07, 6.45) is 3.96. The van der Waals surface area contributed by atoms with Crippen LogP contribution in [0.1, 0.15) is 65.1 Å². The molecule has 1 N–H and O–H groups in total. The molecule has 0 spiro atoms. The lowest BCUT2D eigenvalue weighted by atomic mass is 9.90. The number of anilines is 1. The van der Waals surface area contributed by atoms with Gasteiger partial charge >= 0.3 is 0 Å². The summed E-state index contributed by atoms with van der Waals surface area (Å²) in [4.78, 5) is 7.31. The number of nitrogens with zero attached hydrogens (tertiary/aromatic N) is 2. The first kappa shape index (κ1) is 16.3. The molecular weight excluding hydrogens is 258 g/mol. The van der Waals surface area contributed by atoms with Crippen molar-refractivity contribution in [2.24, 2.45) is 0 Å². The molecule has 1 fully saturated rings. The van der Waals surface area contributed by atoms with Crippen molar-refractivity contribution in [3.63, 3.8) is 0 Å². The molecule has 118 valence electrons. The SMILES string of the molecule is CC(C)NCc1cc(N(C)C2CCC2)nc(C(C)(C)C)c1. The highest BCUT2D eigenvalue weighted by atomic mass is 15.2. The smallest absolute Gasteiger partial charge is 0.129 e. The number of hydrogen-bond acceptors (Lipinski definition) is 3. The second kappa shape index (κ2) is 6.35. The van der Waals surface area contributed by atoms with E-state index in [4.69, 9.17) is 4.98 Å². The average Bonchev–Trinajstić information content (AvgIpc) is 2.32. The van der Waals surface area contributed by atoms with Gasteiger partial charge in [0.2, 0.25) is 0 Å². The van der Waals surface area contributed by atoms with Crippen molar-refractivity contribution in [2.45, 2.75) is 77.9 Å². The molecule has 0 saturated heterocycles. The molecule has 1 aromatic heterocycles. The Labute approximate surface area is 130 Å². The van der Waals surface area contributed by atoms with Crippen molar-refractivity contribution in [2.75, 3.05) is 11.9 Å². The standard InChI is InChI=1S/C18H31N3/c1-13(2)19-12-14-10-16(18(3,4)5)20-17(11-14)21(6)15-8-7-9-15/h10-11,13,15,19H,7-9,12H2,1-6H3. The Balaban J connectivity index is 2.27. The maximum absolute atomic E-state index is 4.93. The Morgan fingerprint density at radius 3 is 2.43 bits per heavy atom. The predicted molar refractivity (Wildman–Crippen MR) is 91.0 cm³/mol. The first-order chi connectivity index (χ1) is 9.77. The van der Waals surface area contributed by atoms with E-state index in [1.165, 1.54) is 30.5 Å². The molecule has 1 aliphatic carbocycles. The van der Waals surface area contributed by atoms with Crippen molar-refractivity contribution in [3.8, 4) is 0 Å². The maximum atomic E-state index is 4.93. The fourth-order valence-electron chi connectivity index (χ4n) is 2.52. The summed E-state index contributed by atoms with van der Waals surface area (Å²) < 4.78 is 0. The van der Waals surface area contributed by atoms with Crippen molar-refractivity contribution in [3.05, 3.63) is 23.4 Å². The molecule has 3 heteroatoms. The lowest BCUT2D eigenvalue weighted by molar-refractivity contribution is 0.398. The van der Waals surface area contributed by atoms with E-state index in [-0.39, 0.29) is 5.41 Å². The van der Waals surface area contributed by atoms with E-state index >= 15 is 0 Å². The summed E-state index contributed by atoms with van der Waals surface area (Å²) in [5.41, 5.74) is 2.61. The zero-order valence-electron chi connectivity index (χ0n) is 14.5. The second-order valence-corrected chi connectivity index (χ2v) is 7.70. The summed E-state index contributed by atoms with van der Waals surface area (Å²) in [5, 5.41) is 3.52. The largest absolute Gasteiger partial charge is 0.357 e. The van der Waals surface area contributed by atoms with E-state index in [0.717, 1.165) is 12.4 Å². The summed E-state index contributed by atoms with van der Waals surface area (Å²) in [7, 11) is 2.19. The van der Waals surface area contributed by atoms with Gasteiger partial charge in [0, 0.05) is 36.8 Å². The van der Waals surface area contributed by atoms with E-state index in [0.29, 0.717) is 12.1 Å². The molecule has 21 heavy (non-hydrogen) atoms. The lowest BCUT2D eigenvalue weighted by Crippen LogP contribution is -2.38. The molecule has 0 atom stereocenters. The van der Waals surface area contributed by atoms with E-state index < -0.39 is 0 Å². The summed E-state index contributed by atoms with van der Waals surface area (Å²) in [5.74, 6) is 1.13. The van der Waals surface area contributed by atoms with E-state index in [1.807, 2.05) is 0 Å². The Kier molecular flexibility index (Phi) is 4.92. The zero-order chi connectivity index (χ0) is 15.6. The van der Waals surface area contributed by atoms with Gasteiger partial charge in [-0.05, 0) is 37.0 Å². The minimum absolute atomic E-state index is 0.0864. The minimum atomic E-state index is 0.0864. The third kappa shape index (κ3) is 4.19. The molecular formula is C18H31N3. The van der Waals surface area contributed by atoms with Gasteiger partial charge in [-0.1, -0.05) is 34.6 Å². The molecule has 1 aliphatic rings. The monoisotopic (exact) mass is 289 g/mol. The molecule has 1 aromatic rings. The van der Waals surface area contributed by atoms with Gasteiger partial charge in [0.15, 0.2) is 0 Å². The van der Waals surface area contributed by atoms with Crippen LogP contribution in [0.4, 0.5) is 5.82 Å². The molecule has 3 nitrogen and oxygen atoms in total. The number of nitrogens with one attached hydrogen (secondary N) is 1. The van der Waals surface area contributed by atoms with Gasteiger partial charge in [0.05, 0.1) is 0 Å². The number of pyridine rings is 1. The fraction of sp³-hybridized carbons (Fsp3) is 0.722. The zero-order valence-corrected chi connectivity index (χ0v) is 14.5. The normalized spacial score (nSPS) is 16.1. The average molecular weight is 289 g/mol. The highest BCUT2D eigenvalue weighted by molar-refractivity contribution is 5.44. The van der Waals surface area contributed by atoms with Gasteiger partial charge in [0.1, 0.15) is 5.82 Å². The number of aromatic nitrogens is 1. The van der Waals surface area contributed by atoms with Crippen LogP contribution >= 0.6 is 0 Å². The Hall–Kier alpha value is -1.09. The molecule has 0 unspecified atom stereocenters. The minimum Gasteiger partial charge on any atom is -0.357 e. The summed E-state index contributed by atoms with van der Waals surface area (Å²) >= 11 is 0. The Bertz CT molecular complexity index is 470.